The number of carbonyl (C=O) groups is 3. The van der Waals surface area contributed by atoms with E-state index in [9.17, 15) is 14.4 Å². The molecule has 0 aliphatic rings. The molecule has 1 aromatic heterocycles. The standard InChI is InChI=1S/C25H27N3O6.ClH/c1-25(2,3)34-22(30)11-10-21(29)28-14-19-8-9-20(32-19)24(31)33-18-7-6-15-12-17(23(26)27)5-4-16(15)13-18;/h4-9,12-13H,10-11,14H2,1-3H3,(H3,26,27)(H,28,29);1H. The van der Waals surface area contributed by atoms with Crippen molar-refractivity contribution in [3.8, 4) is 5.75 Å². The van der Waals surface area contributed by atoms with Gasteiger partial charge in [-0.15, -0.1) is 12.4 Å². The van der Waals surface area contributed by atoms with Gasteiger partial charge in [-0.2, -0.15) is 0 Å². The molecule has 1 amide bonds. The number of nitrogen functional groups attached to an aromatic ring is 1. The lowest BCUT2D eigenvalue weighted by Gasteiger charge is -2.19. The number of fused-ring (bicyclic) bond motifs is 1. The van der Waals surface area contributed by atoms with Crippen LogP contribution in [0.4, 0.5) is 0 Å². The Morgan fingerprint density at radius 2 is 1.69 bits per heavy atom. The lowest BCUT2D eigenvalue weighted by atomic mass is 10.1. The summed E-state index contributed by atoms with van der Waals surface area (Å²) in [7, 11) is 0. The molecule has 3 rings (SSSR count). The second kappa shape index (κ2) is 11.5. The van der Waals surface area contributed by atoms with Crippen molar-refractivity contribution in [3.05, 3.63) is 65.6 Å². The number of halogens is 1. The number of furan rings is 1. The van der Waals surface area contributed by atoms with Gasteiger partial charge < -0.3 is 24.9 Å². The van der Waals surface area contributed by atoms with Crippen molar-refractivity contribution < 1.29 is 28.3 Å². The third kappa shape index (κ3) is 8.15. The molecule has 0 bridgehead atoms. The fourth-order valence-corrected chi connectivity index (χ4v) is 3.08. The molecule has 3 aromatic rings. The highest BCUT2D eigenvalue weighted by Crippen LogP contribution is 2.23. The number of hydrogen-bond acceptors (Lipinski definition) is 7. The normalized spacial score (nSPS) is 10.8. The van der Waals surface area contributed by atoms with Gasteiger partial charge in [0.05, 0.1) is 13.0 Å². The Morgan fingerprint density at radius 3 is 2.37 bits per heavy atom. The summed E-state index contributed by atoms with van der Waals surface area (Å²) in [6, 6.07) is 13.4. The van der Waals surface area contributed by atoms with Crippen molar-refractivity contribution in [3.63, 3.8) is 0 Å². The Bertz CT molecular complexity index is 1250. The second-order valence-electron chi connectivity index (χ2n) is 8.66. The molecule has 0 unspecified atom stereocenters. The number of esters is 2. The maximum Gasteiger partial charge on any atom is 0.379 e. The average Bonchev–Trinajstić information content (AvgIpc) is 3.24. The Morgan fingerprint density at radius 1 is 1.00 bits per heavy atom. The highest BCUT2D eigenvalue weighted by atomic mass is 35.5. The first-order chi connectivity index (χ1) is 16.0. The summed E-state index contributed by atoms with van der Waals surface area (Å²) in [4.78, 5) is 36.1. The number of ether oxygens (including phenoxy) is 2. The predicted molar refractivity (Wildman–Crippen MR) is 133 cm³/mol. The Hall–Kier alpha value is -3.85. The van der Waals surface area contributed by atoms with Gasteiger partial charge in [0.15, 0.2) is 0 Å². The summed E-state index contributed by atoms with van der Waals surface area (Å²) in [6.07, 6.45) is -0.0406. The lowest BCUT2D eigenvalue weighted by Crippen LogP contribution is -2.26. The predicted octanol–water partition coefficient (Wildman–Crippen LogP) is 4.10. The molecule has 186 valence electrons. The van der Waals surface area contributed by atoms with E-state index < -0.39 is 17.5 Å². The van der Waals surface area contributed by atoms with Crippen molar-refractivity contribution in [1.82, 2.24) is 5.32 Å². The molecule has 0 saturated heterocycles. The Labute approximate surface area is 208 Å². The van der Waals surface area contributed by atoms with Crippen LogP contribution < -0.4 is 15.8 Å². The van der Waals surface area contributed by atoms with Crippen molar-refractivity contribution in [2.45, 2.75) is 45.8 Å². The van der Waals surface area contributed by atoms with E-state index in [2.05, 4.69) is 5.32 Å². The fraction of sp³-hybridized carbons (Fsp3) is 0.280. The monoisotopic (exact) mass is 501 g/mol. The summed E-state index contributed by atoms with van der Waals surface area (Å²) >= 11 is 0. The van der Waals surface area contributed by atoms with Crippen LogP contribution >= 0.6 is 12.4 Å². The fourth-order valence-electron chi connectivity index (χ4n) is 3.08. The lowest BCUT2D eigenvalue weighted by molar-refractivity contribution is -0.155. The van der Waals surface area contributed by atoms with Gasteiger partial charge in [-0.3, -0.25) is 15.0 Å². The SMILES string of the molecule is CC(C)(C)OC(=O)CCC(=O)NCc1ccc(C(=O)Oc2ccc3cc(C(=N)N)ccc3c2)o1.Cl. The molecule has 0 atom stereocenters. The van der Waals surface area contributed by atoms with E-state index in [1.165, 1.54) is 6.07 Å². The first-order valence-corrected chi connectivity index (χ1v) is 10.7. The summed E-state index contributed by atoms with van der Waals surface area (Å²) in [6.45, 7) is 5.34. The van der Waals surface area contributed by atoms with Gasteiger partial charge in [0, 0.05) is 12.0 Å². The van der Waals surface area contributed by atoms with Crippen molar-refractivity contribution in [2.75, 3.05) is 0 Å². The average molecular weight is 502 g/mol. The zero-order valence-corrected chi connectivity index (χ0v) is 20.5. The number of amides is 1. The van der Waals surface area contributed by atoms with E-state index in [-0.39, 0.29) is 49.3 Å². The third-order valence-corrected chi connectivity index (χ3v) is 4.63. The van der Waals surface area contributed by atoms with Gasteiger partial charge in [0.2, 0.25) is 11.7 Å². The molecule has 0 spiro atoms. The first-order valence-electron chi connectivity index (χ1n) is 10.7. The van der Waals surface area contributed by atoms with Crippen LogP contribution in [0.5, 0.6) is 5.75 Å². The summed E-state index contributed by atoms with van der Waals surface area (Å²) in [5.74, 6) is -0.791. The molecule has 0 radical (unpaired) electrons. The summed E-state index contributed by atoms with van der Waals surface area (Å²) in [5.41, 5.74) is 5.52. The smallest absolute Gasteiger partial charge is 0.379 e. The minimum absolute atomic E-state index is 0. The second-order valence-corrected chi connectivity index (χ2v) is 8.66. The number of nitrogens with one attached hydrogen (secondary N) is 2. The Kier molecular flexibility index (Phi) is 9.02. The van der Waals surface area contributed by atoms with Crippen molar-refractivity contribution in [2.24, 2.45) is 5.73 Å². The van der Waals surface area contributed by atoms with Crippen molar-refractivity contribution in [1.29, 1.82) is 5.41 Å². The summed E-state index contributed by atoms with van der Waals surface area (Å²) in [5, 5.41) is 11.8. The number of rotatable bonds is 8. The van der Waals surface area contributed by atoms with Gasteiger partial charge in [0.25, 0.3) is 0 Å². The molecule has 0 fully saturated rings. The van der Waals surface area contributed by atoms with E-state index in [0.717, 1.165) is 10.8 Å². The maximum absolute atomic E-state index is 12.4. The third-order valence-electron chi connectivity index (χ3n) is 4.63. The molecule has 9 nitrogen and oxygen atoms in total. The minimum atomic E-state index is -0.679. The van der Waals surface area contributed by atoms with Crippen LogP contribution in [-0.2, 0) is 20.9 Å². The minimum Gasteiger partial charge on any atom is -0.460 e. The van der Waals surface area contributed by atoms with Crippen LogP contribution in [0.3, 0.4) is 0 Å². The molecule has 35 heavy (non-hydrogen) atoms. The van der Waals surface area contributed by atoms with Gasteiger partial charge in [-0.1, -0.05) is 18.2 Å². The number of carbonyl (C=O) groups excluding carboxylic acids is 3. The molecule has 0 saturated carbocycles. The Balaban J connectivity index is 0.00000432. The van der Waals surface area contributed by atoms with E-state index in [1.807, 2.05) is 0 Å². The molecule has 4 N–H and O–H groups in total. The van der Waals surface area contributed by atoms with Gasteiger partial charge in [-0.25, -0.2) is 4.79 Å². The molecule has 0 aliphatic heterocycles. The van der Waals surface area contributed by atoms with E-state index >= 15 is 0 Å². The van der Waals surface area contributed by atoms with Crippen LogP contribution in [0.1, 0.15) is 55.5 Å². The largest absolute Gasteiger partial charge is 0.460 e. The maximum atomic E-state index is 12.4. The van der Waals surface area contributed by atoms with Crippen LogP contribution in [-0.4, -0.2) is 29.3 Å². The van der Waals surface area contributed by atoms with E-state index in [1.54, 1.807) is 63.2 Å². The topological polar surface area (TPSA) is 145 Å². The van der Waals surface area contributed by atoms with Crippen molar-refractivity contribution >= 4 is 46.9 Å². The van der Waals surface area contributed by atoms with Crippen LogP contribution in [0.25, 0.3) is 10.8 Å². The molecule has 2 aromatic carbocycles. The van der Waals surface area contributed by atoms with Crippen LogP contribution in [0.2, 0.25) is 0 Å². The van der Waals surface area contributed by atoms with Gasteiger partial charge in [0.1, 0.15) is 22.9 Å². The molecular formula is C25H28ClN3O6. The van der Waals surface area contributed by atoms with E-state index in [0.29, 0.717) is 17.1 Å². The summed E-state index contributed by atoms with van der Waals surface area (Å²) < 4.78 is 16.0. The quantitative estimate of drug-likeness (QED) is 0.182. The van der Waals surface area contributed by atoms with Crippen LogP contribution in [0, 0.1) is 5.41 Å². The van der Waals surface area contributed by atoms with Gasteiger partial charge in [-0.05, 0) is 61.9 Å². The number of benzene rings is 2. The molecule has 10 heteroatoms. The van der Waals surface area contributed by atoms with Gasteiger partial charge >= 0.3 is 11.9 Å². The van der Waals surface area contributed by atoms with E-state index in [4.69, 9.17) is 25.0 Å². The highest BCUT2D eigenvalue weighted by Gasteiger charge is 2.18. The van der Waals surface area contributed by atoms with Crippen LogP contribution in [0.15, 0.2) is 52.9 Å². The zero-order chi connectivity index (χ0) is 24.9. The first kappa shape index (κ1) is 27.4. The zero-order valence-electron chi connectivity index (χ0n) is 19.7. The number of nitrogens with two attached hydrogens (primary N) is 1. The molecule has 0 aliphatic carbocycles. The molecular weight excluding hydrogens is 474 g/mol. The molecule has 1 heterocycles. The highest BCUT2D eigenvalue weighted by molar-refractivity contribution is 5.99. The number of hydrogen-bond donors (Lipinski definition) is 3. The number of amidine groups is 1.